The Labute approximate surface area is 94.9 Å². The standard InChI is InChI=1S/C11H17N3O2/c1-11(2,16)9-6-4-5-8(13-9)7-10(15)14-12-3/h4-6,12,16H,7H2,1-3H3,(H,14,15). The van der Waals surface area contributed by atoms with Crippen LogP contribution < -0.4 is 10.9 Å². The first-order valence-corrected chi connectivity index (χ1v) is 5.08. The van der Waals surface area contributed by atoms with Gasteiger partial charge in [-0.1, -0.05) is 6.07 Å². The summed E-state index contributed by atoms with van der Waals surface area (Å²) in [6.07, 6.45) is 0.185. The molecule has 5 heteroatoms. The van der Waals surface area contributed by atoms with E-state index < -0.39 is 5.60 Å². The molecule has 0 aromatic carbocycles. The zero-order chi connectivity index (χ0) is 12.2. The number of hydrogen-bond donors (Lipinski definition) is 3. The van der Waals surface area contributed by atoms with Crippen LogP contribution in [-0.4, -0.2) is 23.0 Å². The lowest BCUT2D eigenvalue weighted by atomic mass is 10.0. The van der Waals surface area contributed by atoms with E-state index in [0.29, 0.717) is 11.4 Å². The van der Waals surface area contributed by atoms with Gasteiger partial charge < -0.3 is 5.11 Å². The maximum absolute atomic E-state index is 11.3. The van der Waals surface area contributed by atoms with E-state index in [1.54, 1.807) is 39.1 Å². The summed E-state index contributed by atoms with van der Waals surface area (Å²) in [6, 6.07) is 5.27. The first-order chi connectivity index (χ1) is 7.43. The molecule has 0 aliphatic carbocycles. The fraction of sp³-hybridized carbons (Fsp3) is 0.455. The normalized spacial score (nSPS) is 11.2. The quantitative estimate of drug-likeness (QED) is 0.633. The molecule has 1 amide bonds. The molecule has 0 saturated carbocycles. The molecule has 0 bridgehead atoms. The van der Waals surface area contributed by atoms with Crippen molar-refractivity contribution in [2.24, 2.45) is 0 Å². The topological polar surface area (TPSA) is 74.2 Å². The molecule has 3 N–H and O–H groups in total. The van der Waals surface area contributed by atoms with Crippen LogP contribution in [0.25, 0.3) is 0 Å². The van der Waals surface area contributed by atoms with E-state index in [1.165, 1.54) is 0 Å². The molecule has 0 radical (unpaired) electrons. The molecule has 0 saturated heterocycles. The Balaban J connectivity index is 2.79. The first-order valence-electron chi connectivity index (χ1n) is 5.08. The van der Waals surface area contributed by atoms with Crippen molar-refractivity contribution < 1.29 is 9.90 Å². The molecular formula is C11H17N3O2. The Hall–Kier alpha value is -1.46. The Morgan fingerprint density at radius 3 is 2.75 bits per heavy atom. The summed E-state index contributed by atoms with van der Waals surface area (Å²) in [5.74, 6) is -0.164. The van der Waals surface area contributed by atoms with Crippen LogP contribution in [-0.2, 0) is 16.8 Å². The summed E-state index contributed by atoms with van der Waals surface area (Å²) < 4.78 is 0. The number of rotatable bonds is 4. The van der Waals surface area contributed by atoms with Crippen LogP contribution >= 0.6 is 0 Å². The second-order valence-electron chi connectivity index (χ2n) is 4.05. The average molecular weight is 223 g/mol. The predicted molar refractivity (Wildman–Crippen MR) is 60.4 cm³/mol. The van der Waals surface area contributed by atoms with E-state index in [0.717, 1.165) is 0 Å². The number of aromatic nitrogens is 1. The smallest absolute Gasteiger partial charge is 0.240 e. The third-order valence-corrected chi connectivity index (χ3v) is 2.04. The van der Waals surface area contributed by atoms with Gasteiger partial charge in [0.2, 0.25) is 5.91 Å². The number of amides is 1. The number of carbonyl (C=O) groups excluding carboxylic acids is 1. The van der Waals surface area contributed by atoms with Gasteiger partial charge in [-0.05, 0) is 26.0 Å². The highest BCUT2D eigenvalue weighted by atomic mass is 16.3. The van der Waals surface area contributed by atoms with E-state index in [1.807, 2.05) is 0 Å². The van der Waals surface area contributed by atoms with Gasteiger partial charge >= 0.3 is 0 Å². The maximum atomic E-state index is 11.3. The molecule has 88 valence electrons. The summed E-state index contributed by atoms with van der Waals surface area (Å²) in [7, 11) is 1.62. The van der Waals surface area contributed by atoms with Crippen LogP contribution in [0.3, 0.4) is 0 Å². The van der Waals surface area contributed by atoms with Crippen molar-refractivity contribution >= 4 is 5.91 Å². The molecule has 0 unspecified atom stereocenters. The van der Waals surface area contributed by atoms with Crippen LogP contribution in [0.5, 0.6) is 0 Å². The molecule has 1 rings (SSSR count). The number of nitrogens with zero attached hydrogens (tertiary/aromatic N) is 1. The van der Waals surface area contributed by atoms with E-state index >= 15 is 0 Å². The van der Waals surface area contributed by atoms with Gasteiger partial charge in [0.25, 0.3) is 0 Å². The van der Waals surface area contributed by atoms with Crippen LogP contribution in [0.2, 0.25) is 0 Å². The predicted octanol–water partition coefficient (Wildman–Crippen LogP) is 0.102. The molecule has 0 aliphatic heterocycles. The minimum absolute atomic E-state index is 0.164. The van der Waals surface area contributed by atoms with E-state index in [9.17, 15) is 9.90 Å². The molecule has 0 atom stereocenters. The SMILES string of the molecule is CNNC(=O)Cc1cccc(C(C)(C)O)n1. The summed E-state index contributed by atoms with van der Waals surface area (Å²) >= 11 is 0. The highest BCUT2D eigenvalue weighted by molar-refractivity contribution is 5.77. The molecule has 0 spiro atoms. The van der Waals surface area contributed by atoms with Gasteiger partial charge in [-0.15, -0.1) is 0 Å². The highest BCUT2D eigenvalue weighted by Gasteiger charge is 2.18. The van der Waals surface area contributed by atoms with Gasteiger partial charge in [-0.25, -0.2) is 5.43 Å². The van der Waals surface area contributed by atoms with Crippen molar-refractivity contribution in [1.82, 2.24) is 15.8 Å². The van der Waals surface area contributed by atoms with Gasteiger partial charge in [0.1, 0.15) is 5.60 Å². The van der Waals surface area contributed by atoms with Crippen LogP contribution in [0.1, 0.15) is 25.2 Å². The molecule has 0 fully saturated rings. The van der Waals surface area contributed by atoms with Gasteiger partial charge in [0.15, 0.2) is 0 Å². The van der Waals surface area contributed by atoms with Crippen molar-refractivity contribution in [3.8, 4) is 0 Å². The first kappa shape index (κ1) is 12.6. The molecule has 16 heavy (non-hydrogen) atoms. The van der Waals surface area contributed by atoms with Crippen molar-refractivity contribution in [1.29, 1.82) is 0 Å². The van der Waals surface area contributed by atoms with Gasteiger partial charge in [0, 0.05) is 7.05 Å². The number of hydrazine groups is 1. The Morgan fingerprint density at radius 1 is 1.50 bits per heavy atom. The Morgan fingerprint density at radius 2 is 2.19 bits per heavy atom. The monoisotopic (exact) mass is 223 g/mol. The van der Waals surface area contributed by atoms with E-state index in [2.05, 4.69) is 15.8 Å². The number of carbonyl (C=O) groups is 1. The van der Waals surface area contributed by atoms with Gasteiger partial charge in [-0.2, -0.15) is 0 Å². The largest absolute Gasteiger partial charge is 0.384 e. The lowest BCUT2D eigenvalue weighted by molar-refractivity contribution is -0.121. The lowest BCUT2D eigenvalue weighted by Gasteiger charge is -2.17. The zero-order valence-electron chi connectivity index (χ0n) is 9.74. The number of pyridine rings is 1. The third-order valence-electron chi connectivity index (χ3n) is 2.04. The maximum Gasteiger partial charge on any atom is 0.240 e. The summed E-state index contributed by atoms with van der Waals surface area (Å²) in [5.41, 5.74) is 5.22. The van der Waals surface area contributed by atoms with Crippen molar-refractivity contribution in [3.63, 3.8) is 0 Å². The fourth-order valence-electron chi connectivity index (χ4n) is 1.27. The molecule has 0 aliphatic rings. The average Bonchev–Trinajstić information content (AvgIpc) is 2.17. The molecule has 1 aromatic rings. The highest BCUT2D eigenvalue weighted by Crippen LogP contribution is 2.17. The van der Waals surface area contributed by atoms with Crippen molar-refractivity contribution in [2.75, 3.05) is 7.05 Å². The fourth-order valence-corrected chi connectivity index (χ4v) is 1.27. The minimum atomic E-state index is -0.991. The third kappa shape index (κ3) is 3.60. The van der Waals surface area contributed by atoms with Crippen molar-refractivity contribution in [3.05, 3.63) is 29.6 Å². The van der Waals surface area contributed by atoms with Gasteiger partial charge in [-0.3, -0.25) is 15.2 Å². The van der Waals surface area contributed by atoms with E-state index in [4.69, 9.17) is 0 Å². The Bertz CT molecular complexity index is 372. The number of hydrogen-bond acceptors (Lipinski definition) is 4. The second-order valence-corrected chi connectivity index (χ2v) is 4.05. The van der Waals surface area contributed by atoms with Crippen LogP contribution in [0.15, 0.2) is 18.2 Å². The molecule has 5 nitrogen and oxygen atoms in total. The summed E-state index contributed by atoms with van der Waals surface area (Å²) in [4.78, 5) is 15.5. The van der Waals surface area contributed by atoms with E-state index in [-0.39, 0.29) is 12.3 Å². The van der Waals surface area contributed by atoms with Gasteiger partial charge in [0.05, 0.1) is 17.8 Å². The van der Waals surface area contributed by atoms with Crippen LogP contribution in [0, 0.1) is 0 Å². The summed E-state index contributed by atoms with van der Waals surface area (Å²) in [5, 5.41) is 9.78. The Kier molecular flexibility index (Phi) is 3.98. The number of nitrogens with one attached hydrogen (secondary N) is 2. The molecule has 1 aromatic heterocycles. The van der Waals surface area contributed by atoms with Crippen molar-refractivity contribution in [2.45, 2.75) is 25.9 Å². The molecule has 1 heterocycles. The minimum Gasteiger partial charge on any atom is -0.384 e. The lowest BCUT2D eigenvalue weighted by Crippen LogP contribution is -2.35. The summed E-state index contributed by atoms with van der Waals surface area (Å²) in [6.45, 7) is 3.32. The van der Waals surface area contributed by atoms with Crippen LogP contribution in [0.4, 0.5) is 0 Å². The number of aliphatic hydroxyl groups is 1. The zero-order valence-corrected chi connectivity index (χ0v) is 9.74. The molecular weight excluding hydrogens is 206 g/mol. The second kappa shape index (κ2) is 5.05.